The Morgan fingerprint density at radius 3 is 0.770 bits per heavy atom. The minimum Gasteiger partial charge on any atom is -0.462 e. The highest BCUT2D eigenvalue weighted by Crippen LogP contribution is 2.18. The first kappa shape index (κ1) is 71.9. The van der Waals surface area contributed by atoms with Gasteiger partial charge in [-0.15, -0.1) is 0 Å². The fourth-order valence-electron chi connectivity index (χ4n) is 10.2. The maximum atomic E-state index is 12.8. The summed E-state index contributed by atoms with van der Waals surface area (Å²) in [5, 5.41) is 0. The van der Waals surface area contributed by atoms with E-state index in [-0.39, 0.29) is 31.1 Å². The summed E-state index contributed by atoms with van der Waals surface area (Å²) in [6.07, 6.45) is 76.8. The van der Waals surface area contributed by atoms with Crippen molar-refractivity contribution in [3.05, 3.63) is 24.3 Å². The van der Waals surface area contributed by atoms with Gasteiger partial charge in [0.2, 0.25) is 0 Å². The number of hydrogen-bond acceptors (Lipinski definition) is 6. The van der Waals surface area contributed by atoms with Crippen LogP contribution in [-0.4, -0.2) is 37.2 Å². The standard InChI is InChI=1S/C68H128O6/c1-4-7-10-13-16-18-20-22-24-25-26-27-28-29-30-31-32-33-34-35-36-37-38-39-40-41-42-44-45-47-49-52-55-58-61-67(70)73-64-65(63-72-66(69)60-57-54-51-15-12-9-6-3)74-68(71)62-59-56-53-50-48-46-43-23-21-19-17-14-11-8-5-2/h17,19,23,43,65H,4-16,18,20-22,24-42,44-64H2,1-3H3/b19-17-,43-23-. The van der Waals surface area contributed by atoms with Gasteiger partial charge in [0.15, 0.2) is 6.10 Å². The number of allylic oxidation sites excluding steroid dienone is 4. The van der Waals surface area contributed by atoms with Crippen LogP contribution in [0.15, 0.2) is 24.3 Å². The van der Waals surface area contributed by atoms with E-state index in [1.807, 2.05) is 0 Å². The number of carbonyl (C=O) groups is 3. The van der Waals surface area contributed by atoms with Gasteiger partial charge in [-0.1, -0.05) is 328 Å². The molecule has 0 saturated heterocycles. The molecule has 0 radical (unpaired) electrons. The Morgan fingerprint density at radius 1 is 0.270 bits per heavy atom. The first-order valence-electron chi connectivity index (χ1n) is 33.3. The summed E-state index contributed by atoms with van der Waals surface area (Å²) in [4.78, 5) is 38.0. The van der Waals surface area contributed by atoms with E-state index >= 15 is 0 Å². The predicted octanol–water partition coefficient (Wildman–Crippen LogP) is 22.6. The second-order valence-corrected chi connectivity index (χ2v) is 22.7. The first-order valence-corrected chi connectivity index (χ1v) is 33.3. The zero-order chi connectivity index (χ0) is 53.6. The summed E-state index contributed by atoms with van der Waals surface area (Å²) >= 11 is 0. The molecule has 0 bridgehead atoms. The molecule has 0 N–H and O–H groups in total. The summed E-state index contributed by atoms with van der Waals surface area (Å²) in [5.41, 5.74) is 0. The van der Waals surface area contributed by atoms with Crippen LogP contribution in [0.4, 0.5) is 0 Å². The van der Waals surface area contributed by atoms with Crippen LogP contribution < -0.4 is 0 Å². The molecule has 0 aromatic carbocycles. The maximum absolute atomic E-state index is 12.8. The maximum Gasteiger partial charge on any atom is 0.306 e. The highest BCUT2D eigenvalue weighted by Gasteiger charge is 2.19. The number of esters is 3. The van der Waals surface area contributed by atoms with Crippen molar-refractivity contribution in [2.24, 2.45) is 0 Å². The number of unbranched alkanes of at least 4 members (excludes halogenated alkanes) is 47. The van der Waals surface area contributed by atoms with Crippen molar-refractivity contribution < 1.29 is 28.6 Å². The van der Waals surface area contributed by atoms with E-state index in [2.05, 4.69) is 45.1 Å². The van der Waals surface area contributed by atoms with Crippen LogP contribution in [0, 0.1) is 0 Å². The van der Waals surface area contributed by atoms with E-state index in [1.165, 1.54) is 257 Å². The average Bonchev–Trinajstić information content (AvgIpc) is 3.40. The molecule has 0 heterocycles. The molecule has 436 valence electrons. The predicted molar refractivity (Wildman–Crippen MR) is 321 cm³/mol. The molecule has 1 atom stereocenters. The van der Waals surface area contributed by atoms with Gasteiger partial charge in [0.25, 0.3) is 0 Å². The first-order chi connectivity index (χ1) is 36.5. The number of ether oxygens (including phenoxy) is 3. The van der Waals surface area contributed by atoms with E-state index in [4.69, 9.17) is 14.2 Å². The van der Waals surface area contributed by atoms with Gasteiger partial charge in [-0.05, 0) is 51.4 Å². The van der Waals surface area contributed by atoms with Gasteiger partial charge in [0.05, 0.1) is 0 Å². The molecule has 0 aromatic heterocycles. The van der Waals surface area contributed by atoms with Crippen molar-refractivity contribution in [3.63, 3.8) is 0 Å². The SMILES string of the molecule is CCCCC/C=C\C/C=C\CCCCCCCC(=O)OC(COC(=O)CCCCCCCCC)COC(=O)CCCCCCCCCCCCCCCCCCCCCCCCCCCCCCCCCCCC. The van der Waals surface area contributed by atoms with E-state index in [1.54, 1.807) is 0 Å². The van der Waals surface area contributed by atoms with Crippen LogP contribution in [0.5, 0.6) is 0 Å². The van der Waals surface area contributed by atoms with Crippen LogP contribution in [0.1, 0.15) is 374 Å². The topological polar surface area (TPSA) is 78.9 Å². The zero-order valence-corrected chi connectivity index (χ0v) is 50.1. The van der Waals surface area contributed by atoms with Gasteiger partial charge in [-0.25, -0.2) is 0 Å². The minimum atomic E-state index is -0.773. The lowest BCUT2D eigenvalue weighted by Crippen LogP contribution is -2.30. The Hall–Kier alpha value is -2.11. The minimum absolute atomic E-state index is 0.0723. The molecule has 0 fully saturated rings. The molecule has 0 aliphatic rings. The molecule has 6 heteroatoms. The summed E-state index contributed by atoms with van der Waals surface area (Å²) in [6.45, 7) is 6.61. The molecular formula is C68H128O6. The highest BCUT2D eigenvalue weighted by molar-refractivity contribution is 5.71. The van der Waals surface area contributed by atoms with Crippen molar-refractivity contribution in [1.29, 1.82) is 0 Å². The Balaban J connectivity index is 3.91. The van der Waals surface area contributed by atoms with Gasteiger partial charge in [0, 0.05) is 19.3 Å². The molecule has 0 saturated carbocycles. The molecular weight excluding hydrogens is 913 g/mol. The van der Waals surface area contributed by atoms with E-state index in [9.17, 15) is 14.4 Å². The second-order valence-electron chi connectivity index (χ2n) is 22.7. The third kappa shape index (κ3) is 60.8. The van der Waals surface area contributed by atoms with Gasteiger partial charge in [0.1, 0.15) is 13.2 Å². The van der Waals surface area contributed by atoms with Crippen LogP contribution in [-0.2, 0) is 28.6 Å². The Kier molecular flexibility index (Phi) is 61.6. The van der Waals surface area contributed by atoms with Crippen LogP contribution in [0.25, 0.3) is 0 Å². The molecule has 1 unspecified atom stereocenters. The van der Waals surface area contributed by atoms with Crippen molar-refractivity contribution in [2.75, 3.05) is 13.2 Å². The van der Waals surface area contributed by atoms with Crippen molar-refractivity contribution >= 4 is 17.9 Å². The zero-order valence-electron chi connectivity index (χ0n) is 50.1. The van der Waals surface area contributed by atoms with Crippen LogP contribution in [0.3, 0.4) is 0 Å². The van der Waals surface area contributed by atoms with Gasteiger partial charge in [-0.3, -0.25) is 14.4 Å². The third-order valence-corrected chi connectivity index (χ3v) is 15.2. The molecule has 0 amide bonds. The number of hydrogen-bond donors (Lipinski definition) is 0. The second kappa shape index (κ2) is 63.4. The van der Waals surface area contributed by atoms with E-state index in [0.717, 1.165) is 77.0 Å². The van der Waals surface area contributed by atoms with E-state index in [0.29, 0.717) is 19.3 Å². The fraction of sp³-hybridized carbons (Fsp3) is 0.897. The highest BCUT2D eigenvalue weighted by atomic mass is 16.6. The van der Waals surface area contributed by atoms with Gasteiger partial charge in [-0.2, -0.15) is 0 Å². The summed E-state index contributed by atoms with van der Waals surface area (Å²) in [5.74, 6) is -0.872. The van der Waals surface area contributed by atoms with Crippen LogP contribution in [0.2, 0.25) is 0 Å². The van der Waals surface area contributed by atoms with Crippen molar-refractivity contribution in [2.45, 2.75) is 380 Å². The van der Waals surface area contributed by atoms with Gasteiger partial charge >= 0.3 is 17.9 Å². The molecule has 74 heavy (non-hydrogen) atoms. The van der Waals surface area contributed by atoms with E-state index < -0.39 is 6.10 Å². The normalized spacial score (nSPS) is 12.1. The molecule has 6 nitrogen and oxygen atoms in total. The lowest BCUT2D eigenvalue weighted by Gasteiger charge is -2.18. The Morgan fingerprint density at radius 2 is 0.486 bits per heavy atom. The van der Waals surface area contributed by atoms with Gasteiger partial charge < -0.3 is 14.2 Å². The lowest BCUT2D eigenvalue weighted by molar-refractivity contribution is -0.167. The largest absolute Gasteiger partial charge is 0.462 e. The number of rotatable bonds is 62. The summed E-state index contributed by atoms with van der Waals surface area (Å²) in [6, 6.07) is 0. The quantitative estimate of drug-likeness (QED) is 0.0261. The van der Waals surface area contributed by atoms with Crippen molar-refractivity contribution in [3.8, 4) is 0 Å². The smallest absolute Gasteiger partial charge is 0.306 e. The third-order valence-electron chi connectivity index (χ3n) is 15.2. The summed E-state index contributed by atoms with van der Waals surface area (Å²) in [7, 11) is 0. The lowest BCUT2D eigenvalue weighted by atomic mass is 10.0. The molecule has 0 aliphatic carbocycles. The monoisotopic (exact) mass is 1040 g/mol. The summed E-state index contributed by atoms with van der Waals surface area (Å²) < 4.78 is 16.8. The number of carbonyl (C=O) groups excluding carboxylic acids is 3. The van der Waals surface area contributed by atoms with Crippen molar-refractivity contribution in [1.82, 2.24) is 0 Å². The average molecular weight is 1040 g/mol. The fourth-order valence-corrected chi connectivity index (χ4v) is 10.2. The van der Waals surface area contributed by atoms with Crippen LogP contribution >= 0.6 is 0 Å². The molecule has 0 aliphatic heterocycles. The molecule has 0 spiro atoms. The molecule has 0 rings (SSSR count). The Bertz CT molecular complexity index is 1190. The Labute approximate surface area is 462 Å². The molecule has 0 aromatic rings.